The minimum atomic E-state index is -0.738. The summed E-state index contributed by atoms with van der Waals surface area (Å²) in [5.41, 5.74) is 1.06. The average molecular weight is 208 g/mol. The van der Waals surface area contributed by atoms with Crippen molar-refractivity contribution in [2.24, 2.45) is 5.92 Å². The van der Waals surface area contributed by atoms with Crippen LogP contribution in [0.3, 0.4) is 0 Å². The zero-order valence-corrected chi connectivity index (χ0v) is 9.05. The molecule has 1 unspecified atom stereocenters. The number of hydrogen-bond acceptors (Lipinski definition) is 3. The largest absolute Gasteiger partial charge is 0.481 e. The van der Waals surface area contributed by atoms with Crippen molar-refractivity contribution in [3.63, 3.8) is 0 Å². The Bertz CT molecular complexity index is 314. The molecule has 15 heavy (non-hydrogen) atoms. The smallest absolute Gasteiger partial charge is 0.306 e. The van der Waals surface area contributed by atoms with Crippen LogP contribution >= 0.6 is 0 Å². The molecule has 0 radical (unpaired) electrons. The van der Waals surface area contributed by atoms with Gasteiger partial charge in [0.05, 0.1) is 5.92 Å². The summed E-state index contributed by atoms with van der Waals surface area (Å²) in [5, 5.41) is 8.74. The van der Waals surface area contributed by atoms with Gasteiger partial charge in [-0.15, -0.1) is 0 Å². The van der Waals surface area contributed by atoms with Gasteiger partial charge in [0.15, 0.2) is 0 Å². The molecule has 0 saturated carbocycles. The second kappa shape index (κ2) is 5.34. The highest BCUT2D eigenvalue weighted by Crippen LogP contribution is 2.12. The van der Waals surface area contributed by atoms with Gasteiger partial charge in [0.2, 0.25) is 0 Å². The number of carbonyl (C=O) groups is 1. The van der Waals surface area contributed by atoms with Crippen LogP contribution in [-0.2, 0) is 4.79 Å². The molecule has 0 amide bonds. The van der Waals surface area contributed by atoms with E-state index < -0.39 is 5.97 Å². The van der Waals surface area contributed by atoms with Gasteiger partial charge in [-0.2, -0.15) is 0 Å². The molecule has 0 bridgehead atoms. The van der Waals surface area contributed by atoms with Gasteiger partial charge in [-0.3, -0.25) is 9.78 Å². The van der Waals surface area contributed by atoms with Crippen LogP contribution in [0.5, 0.6) is 0 Å². The summed E-state index contributed by atoms with van der Waals surface area (Å²) in [6, 6.07) is 3.82. The zero-order chi connectivity index (χ0) is 11.3. The fourth-order valence-corrected chi connectivity index (χ4v) is 1.24. The van der Waals surface area contributed by atoms with Crippen LogP contribution in [0, 0.1) is 5.92 Å². The van der Waals surface area contributed by atoms with Gasteiger partial charge in [0.1, 0.15) is 0 Å². The summed E-state index contributed by atoms with van der Waals surface area (Å²) < 4.78 is 0. The molecule has 0 aliphatic carbocycles. The molecule has 1 N–H and O–H groups in total. The SMILES string of the molecule is CC(CCN(C)c1ccncc1)C(=O)O. The lowest BCUT2D eigenvalue weighted by Crippen LogP contribution is -2.22. The van der Waals surface area contributed by atoms with Gasteiger partial charge in [-0.05, 0) is 18.6 Å². The molecule has 82 valence electrons. The van der Waals surface area contributed by atoms with Gasteiger partial charge in [-0.25, -0.2) is 0 Å². The maximum atomic E-state index is 10.6. The van der Waals surface area contributed by atoms with Crippen molar-refractivity contribution in [3.05, 3.63) is 24.5 Å². The normalized spacial score (nSPS) is 12.1. The number of nitrogens with zero attached hydrogens (tertiary/aromatic N) is 2. The maximum absolute atomic E-state index is 10.6. The van der Waals surface area contributed by atoms with Crippen LogP contribution in [-0.4, -0.2) is 29.7 Å². The van der Waals surface area contributed by atoms with Crippen molar-refractivity contribution in [2.75, 3.05) is 18.5 Å². The van der Waals surface area contributed by atoms with E-state index in [1.54, 1.807) is 19.3 Å². The lowest BCUT2D eigenvalue weighted by Gasteiger charge is -2.19. The monoisotopic (exact) mass is 208 g/mol. The van der Waals surface area contributed by atoms with Gasteiger partial charge in [0, 0.05) is 31.7 Å². The Labute approximate surface area is 89.6 Å². The topological polar surface area (TPSA) is 53.4 Å². The highest BCUT2D eigenvalue weighted by Gasteiger charge is 2.11. The quantitative estimate of drug-likeness (QED) is 0.799. The fourth-order valence-electron chi connectivity index (χ4n) is 1.24. The van der Waals surface area contributed by atoms with Crippen molar-refractivity contribution in [1.29, 1.82) is 0 Å². The highest BCUT2D eigenvalue weighted by molar-refractivity contribution is 5.69. The lowest BCUT2D eigenvalue weighted by atomic mass is 10.1. The summed E-state index contributed by atoms with van der Waals surface area (Å²) in [6.07, 6.45) is 4.10. The van der Waals surface area contributed by atoms with E-state index in [1.807, 2.05) is 24.1 Å². The third-order valence-corrected chi connectivity index (χ3v) is 2.42. The minimum absolute atomic E-state index is 0.297. The standard InChI is InChI=1S/C11H16N2O2/c1-9(11(14)15)5-8-13(2)10-3-6-12-7-4-10/h3-4,6-7,9H,5,8H2,1-2H3,(H,14,15). The van der Waals surface area contributed by atoms with E-state index >= 15 is 0 Å². The minimum Gasteiger partial charge on any atom is -0.481 e. The molecular weight excluding hydrogens is 192 g/mol. The Morgan fingerprint density at radius 2 is 2.13 bits per heavy atom. The first-order valence-electron chi connectivity index (χ1n) is 4.95. The number of carboxylic acids is 1. The highest BCUT2D eigenvalue weighted by atomic mass is 16.4. The van der Waals surface area contributed by atoms with Gasteiger partial charge in [0.25, 0.3) is 0 Å². The van der Waals surface area contributed by atoms with Crippen LogP contribution in [0.4, 0.5) is 5.69 Å². The Morgan fingerprint density at radius 3 is 2.67 bits per heavy atom. The molecule has 0 saturated heterocycles. The molecule has 1 atom stereocenters. The number of carboxylic acid groups (broad SMARTS) is 1. The first-order valence-corrected chi connectivity index (χ1v) is 4.95. The molecule has 1 heterocycles. The second-order valence-electron chi connectivity index (χ2n) is 3.65. The molecule has 4 nitrogen and oxygen atoms in total. The van der Waals surface area contributed by atoms with Crippen LogP contribution in [0.1, 0.15) is 13.3 Å². The third kappa shape index (κ3) is 3.58. The molecule has 0 fully saturated rings. The molecule has 0 aliphatic heterocycles. The summed E-state index contributed by atoms with van der Waals surface area (Å²) in [7, 11) is 1.95. The number of rotatable bonds is 5. The summed E-state index contributed by atoms with van der Waals surface area (Å²) in [6.45, 7) is 2.46. The van der Waals surface area contributed by atoms with Gasteiger partial charge >= 0.3 is 5.97 Å². The Morgan fingerprint density at radius 1 is 1.53 bits per heavy atom. The second-order valence-corrected chi connectivity index (χ2v) is 3.65. The van der Waals surface area contributed by atoms with Crippen molar-refractivity contribution < 1.29 is 9.90 Å². The van der Waals surface area contributed by atoms with E-state index in [2.05, 4.69) is 4.98 Å². The molecule has 1 aromatic heterocycles. The van der Waals surface area contributed by atoms with Crippen molar-refractivity contribution >= 4 is 11.7 Å². The van der Waals surface area contributed by atoms with Crippen LogP contribution < -0.4 is 4.90 Å². The number of anilines is 1. The zero-order valence-electron chi connectivity index (χ0n) is 9.05. The average Bonchev–Trinajstić information content (AvgIpc) is 2.26. The van der Waals surface area contributed by atoms with E-state index in [1.165, 1.54) is 0 Å². The number of pyridine rings is 1. The predicted molar refractivity (Wildman–Crippen MR) is 58.9 cm³/mol. The van der Waals surface area contributed by atoms with Gasteiger partial charge in [-0.1, -0.05) is 6.92 Å². The van der Waals surface area contributed by atoms with Crippen LogP contribution in [0.25, 0.3) is 0 Å². The summed E-state index contributed by atoms with van der Waals surface area (Å²) in [4.78, 5) is 16.6. The van der Waals surface area contributed by atoms with E-state index in [-0.39, 0.29) is 5.92 Å². The summed E-state index contributed by atoms with van der Waals surface area (Å²) in [5.74, 6) is -1.03. The first-order chi connectivity index (χ1) is 7.11. The van der Waals surface area contributed by atoms with Crippen LogP contribution in [0.15, 0.2) is 24.5 Å². The Hall–Kier alpha value is -1.58. The van der Waals surface area contributed by atoms with Crippen molar-refractivity contribution in [1.82, 2.24) is 4.98 Å². The molecule has 0 aromatic carbocycles. The molecule has 0 aliphatic rings. The predicted octanol–water partition coefficient (Wildman–Crippen LogP) is 1.63. The molecule has 1 aromatic rings. The maximum Gasteiger partial charge on any atom is 0.306 e. The van der Waals surface area contributed by atoms with Crippen molar-refractivity contribution in [3.8, 4) is 0 Å². The molecule has 4 heteroatoms. The van der Waals surface area contributed by atoms with E-state index in [9.17, 15) is 4.79 Å². The van der Waals surface area contributed by atoms with Crippen LogP contribution in [0.2, 0.25) is 0 Å². The van der Waals surface area contributed by atoms with Crippen molar-refractivity contribution in [2.45, 2.75) is 13.3 Å². The Balaban J connectivity index is 2.43. The lowest BCUT2D eigenvalue weighted by molar-refractivity contribution is -0.141. The summed E-state index contributed by atoms with van der Waals surface area (Å²) >= 11 is 0. The van der Waals surface area contributed by atoms with Gasteiger partial charge < -0.3 is 10.0 Å². The fraction of sp³-hybridized carbons (Fsp3) is 0.455. The molecule has 1 rings (SSSR count). The molecule has 0 spiro atoms. The van der Waals surface area contributed by atoms with E-state index in [0.717, 1.165) is 12.2 Å². The third-order valence-electron chi connectivity index (χ3n) is 2.42. The first kappa shape index (κ1) is 11.5. The number of aliphatic carboxylic acids is 1. The number of hydrogen-bond donors (Lipinski definition) is 1. The van der Waals surface area contributed by atoms with E-state index in [0.29, 0.717) is 6.42 Å². The molecular formula is C11H16N2O2. The number of aromatic nitrogens is 1. The Kier molecular flexibility index (Phi) is 4.09. The van der Waals surface area contributed by atoms with E-state index in [4.69, 9.17) is 5.11 Å².